The molecule has 0 aromatic heterocycles. The lowest BCUT2D eigenvalue weighted by Gasteiger charge is -2.24. The first kappa shape index (κ1) is 19.7. The van der Waals surface area contributed by atoms with Crippen LogP contribution in [0.1, 0.15) is 32.8 Å². The van der Waals surface area contributed by atoms with E-state index in [2.05, 4.69) is 4.72 Å². The first-order valence-electron chi connectivity index (χ1n) is 6.24. The number of benzene rings is 1. The molecule has 7 heteroatoms. The van der Waals surface area contributed by atoms with Crippen molar-refractivity contribution in [1.29, 1.82) is 0 Å². The van der Waals surface area contributed by atoms with Crippen molar-refractivity contribution in [2.24, 2.45) is 5.73 Å². The highest BCUT2D eigenvalue weighted by Crippen LogP contribution is 2.24. The Hall–Kier alpha value is -0.330. The second-order valence-corrected chi connectivity index (χ2v) is 7.27. The molecule has 0 aliphatic heterocycles. The van der Waals surface area contributed by atoms with Gasteiger partial charge in [-0.15, -0.1) is 12.4 Å². The summed E-state index contributed by atoms with van der Waals surface area (Å²) in [4.78, 5) is 0.113. The molecule has 3 N–H and O–H groups in total. The van der Waals surface area contributed by atoms with E-state index in [0.717, 1.165) is 18.4 Å². The Morgan fingerprint density at radius 3 is 2.45 bits per heavy atom. The third kappa shape index (κ3) is 5.22. The van der Waals surface area contributed by atoms with E-state index in [1.807, 2.05) is 13.0 Å². The quantitative estimate of drug-likeness (QED) is 0.836. The van der Waals surface area contributed by atoms with Crippen molar-refractivity contribution < 1.29 is 8.42 Å². The molecule has 0 fully saturated rings. The normalized spacial score (nSPS) is 12.1. The number of sulfonamides is 1. The van der Waals surface area contributed by atoms with Crippen molar-refractivity contribution in [2.45, 2.75) is 44.0 Å². The fourth-order valence-corrected chi connectivity index (χ4v) is 3.63. The smallest absolute Gasteiger partial charge is 0.242 e. The summed E-state index contributed by atoms with van der Waals surface area (Å²) in [6.45, 7) is 5.71. The Balaban J connectivity index is 0.00000361. The second-order valence-electron chi connectivity index (χ2n) is 5.21. The minimum Gasteiger partial charge on any atom is -0.329 e. The fraction of sp³-hybridized carbons (Fsp3) is 0.538. The van der Waals surface area contributed by atoms with Crippen LogP contribution in [-0.2, 0) is 16.4 Å². The third-order valence-electron chi connectivity index (χ3n) is 2.74. The Kier molecular flexibility index (Phi) is 7.49. The van der Waals surface area contributed by atoms with Gasteiger partial charge in [-0.3, -0.25) is 0 Å². The van der Waals surface area contributed by atoms with Crippen LogP contribution in [0.15, 0.2) is 23.1 Å². The van der Waals surface area contributed by atoms with E-state index in [1.165, 1.54) is 0 Å². The topological polar surface area (TPSA) is 72.2 Å². The average Bonchev–Trinajstić information content (AvgIpc) is 2.30. The summed E-state index contributed by atoms with van der Waals surface area (Å²) < 4.78 is 27.2. The minimum absolute atomic E-state index is 0. The zero-order valence-corrected chi connectivity index (χ0v) is 14.3. The number of halogens is 2. The van der Waals surface area contributed by atoms with Crippen molar-refractivity contribution in [3.63, 3.8) is 0 Å². The minimum atomic E-state index is -3.66. The lowest BCUT2D eigenvalue weighted by atomic mass is 10.1. The summed E-state index contributed by atoms with van der Waals surface area (Å²) in [6.07, 6.45) is 1.77. The predicted molar refractivity (Wildman–Crippen MR) is 86.1 cm³/mol. The Morgan fingerprint density at radius 2 is 1.95 bits per heavy atom. The van der Waals surface area contributed by atoms with Crippen molar-refractivity contribution in [2.75, 3.05) is 6.54 Å². The molecule has 1 aromatic rings. The van der Waals surface area contributed by atoms with Gasteiger partial charge in [0.1, 0.15) is 4.90 Å². The average molecular weight is 341 g/mol. The second kappa shape index (κ2) is 7.61. The summed E-state index contributed by atoms with van der Waals surface area (Å²) in [5, 5.41) is 0.222. The highest BCUT2D eigenvalue weighted by atomic mass is 35.5. The number of nitrogens with one attached hydrogen (secondary N) is 1. The van der Waals surface area contributed by atoms with Gasteiger partial charge in [-0.1, -0.05) is 31.0 Å². The summed E-state index contributed by atoms with van der Waals surface area (Å²) in [7, 11) is -3.66. The number of hydrogen-bond acceptors (Lipinski definition) is 3. The molecule has 0 saturated carbocycles. The summed E-state index contributed by atoms with van der Waals surface area (Å²) in [5.74, 6) is 0. The third-order valence-corrected chi connectivity index (χ3v) is 4.92. The van der Waals surface area contributed by atoms with E-state index in [1.54, 1.807) is 26.0 Å². The number of aryl methyl sites for hydroxylation is 1. The molecule has 1 rings (SSSR count). The molecular formula is C13H22Cl2N2O2S. The SMILES string of the molecule is CCCc1ccc(Cl)c(S(=O)(=O)NC(C)(C)CN)c1.Cl. The van der Waals surface area contributed by atoms with Gasteiger partial charge in [0.2, 0.25) is 10.0 Å². The molecule has 0 heterocycles. The van der Waals surface area contributed by atoms with Gasteiger partial charge in [0, 0.05) is 12.1 Å². The van der Waals surface area contributed by atoms with E-state index in [0.29, 0.717) is 0 Å². The van der Waals surface area contributed by atoms with Crippen LogP contribution in [-0.4, -0.2) is 20.5 Å². The molecule has 0 bridgehead atoms. The van der Waals surface area contributed by atoms with E-state index in [-0.39, 0.29) is 28.9 Å². The largest absolute Gasteiger partial charge is 0.329 e. The van der Waals surface area contributed by atoms with E-state index in [4.69, 9.17) is 17.3 Å². The summed E-state index contributed by atoms with van der Waals surface area (Å²) >= 11 is 6.00. The predicted octanol–water partition coefficient (Wildman–Crippen LogP) is 2.73. The van der Waals surface area contributed by atoms with Crippen molar-refractivity contribution >= 4 is 34.0 Å². The zero-order chi connectivity index (χ0) is 14.7. The van der Waals surface area contributed by atoms with Crippen molar-refractivity contribution in [3.05, 3.63) is 28.8 Å². The van der Waals surface area contributed by atoms with Gasteiger partial charge in [-0.25, -0.2) is 13.1 Å². The number of nitrogens with two attached hydrogens (primary N) is 1. The Bertz CT molecular complexity index is 545. The van der Waals surface area contributed by atoms with Gasteiger partial charge >= 0.3 is 0 Å². The van der Waals surface area contributed by atoms with Crippen LogP contribution < -0.4 is 10.5 Å². The molecule has 0 unspecified atom stereocenters. The Labute approximate surface area is 132 Å². The number of hydrogen-bond donors (Lipinski definition) is 2. The molecular weight excluding hydrogens is 319 g/mol. The maximum atomic E-state index is 12.3. The molecule has 0 amide bonds. The molecule has 4 nitrogen and oxygen atoms in total. The fourth-order valence-electron chi connectivity index (χ4n) is 1.66. The zero-order valence-electron chi connectivity index (χ0n) is 11.9. The van der Waals surface area contributed by atoms with Crippen molar-refractivity contribution in [1.82, 2.24) is 4.72 Å². The van der Waals surface area contributed by atoms with Gasteiger partial charge < -0.3 is 5.73 Å². The van der Waals surface area contributed by atoms with Gasteiger partial charge in [-0.05, 0) is 38.0 Å². The Morgan fingerprint density at radius 1 is 1.35 bits per heavy atom. The highest BCUT2D eigenvalue weighted by Gasteiger charge is 2.26. The molecule has 0 saturated heterocycles. The molecule has 0 aliphatic carbocycles. The van der Waals surface area contributed by atoms with Crippen LogP contribution >= 0.6 is 24.0 Å². The standard InChI is InChI=1S/C13H21ClN2O2S.ClH/c1-4-5-10-6-7-11(14)12(8-10)19(17,18)16-13(2,3)9-15;/h6-8,16H,4-5,9,15H2,1-3H3;1H. The van der Waals surface area contributed by atoms with Gasteiger partial charge in [0.05, 0.1) is 5.02 Å². The van der Waals surface area contributed by atoms with E-state index >= 15 is 0 Å². The van der Waals surface area contributed by atoms with Crippen LogP contribution in [0.2, 0.25) is 5.02 Å². The van der Waals surface area contributed by atoms with Crippen LogP contribution in [0, 0.1) is 0 Å². The molecule has 0 spiro atoms. The van der Waals surface area contributed by atoms with Crippen LogP contribution in [0.3, 0.4) is 0 Å². The molecule has 0 atom stereocenters. The first-order valence-corrected chi connectivity index (χ1v) is 8.10. The van der Waals surface area contributed by atoms with Gasteiger partial charge in [0.15, 0.2) is 0 Å². The highest BCUT2D eigenvalue weighted by molar-refractivity contribution is 7.89. The van der Waals surface area contributed by atoms with E-state index < -0.39 is 15.6 Å². The van der Waals surface area contributed by atoms with Crippen LogP contribution in [0.25, 0.3) is 0 Å². The summed E-state index contributed by atoms with van der Waals surface area (Å²) in [5.41, 5.74) is 5.80. The van der Waals surface area contributed by atoms with Crippen LogP contribution in [0.4, 0.5) is 0 Å². The lowest BCUT2D eigenvalue weighted by molar-refractivity contribution is 0.462. The molecule has 116 valence electrons. The molecule has 1 aromatic carbocycles. The van der Waals surface area contributed by atoms with Gasteiger partial charge in [-0.2, -0.15) is 0 Å². The lowest BCUT2D eigenvalue weighted by Crippen LogP contribution is -2.48. The molecule has 20 heavy (non-hydrogen) atoms. The maximum Gasteiger partial charge on any atom is 0.242 e. The number of rotatable bonds is 6. The van der Waals surface area contributed by atoms with Crippen LogP contribution in [0.5, 0.6) is 0 Å². The van der Waals surface area contributed by atoms with E-state index in [9.17, 15) is 8.42 Å². The van der Waals surface area contributed by atoms with Crippen molar-refractivity contribution in [3.8, 4) is 0 Å². The first-order chi connectivity index (χ1) is 8.72. The monoisotopic (exact) mass is 340 g/mol. The summed E-state index contributed by atoms with van der Waals surface area (Å²) in [6, 6.07) is 5.09. The molecule has 0 radical (unpaired) electrons. The molecule has 0 aliphatic rings. The van der Waals surface area contributed by atoms with Gasteiger partial charge in [0.25, 0.3) is 0 Å². The maximum absolute atomic E-state index is 12.3.